The van der Waals surface area contributed by atoms with E-state index in [0.29, 0.717) is 33.6 Å². The van der Waals surface area contributed by atoms with E-state index in [4.69, 9.17) is 9.47 Å². The quantitative estimate of drug-likeness (QED) is 0.0240. The van der Waals surface area contributed by atoms with E-state index in [9.17, 15) is 14.0 Å². The van der Waals surface area contributed by atoms with Gasteiger partial charge in [-0.05, 0) is 97.8 Å². The van der Waals surface area contributed by atoms with Gasteiger partial charge in [-0.2, -0.15) is 19.7 Å². The molecule has 0 saturated heterocycles. The smallest absolute Gasteiger partial charge is 0.247 e. The van der Waals surface area contributed by atoms with Gasteiger partial charge in [0.15, 0.2) is 7.05 Å². The van der Waals surface area contributed by atoms with Crippen molar-refractivity contribution >= 4 is 69.5 Å². The second-order valence-electron chi connectivity index (χ2n) is 16.4. The highest BCUT2D eigenvalue weighted by Crippen LogP contribution is 2.36. The van der Waals surface area contributed by atoms with Gasteiger partial charge < -0.3 is 41.4 Å². The lowest BCUT2D eigenvalue weighted by molar-refractivity contribution is -0.753. The number of amides is 2. The first-order valence-electron chi connectivity index (χ1n) is 22.3. The fraction of sp³-hybridized carbons (Fsp3) is 0.137. The summed E-state index contributed by atoms with van der Waals surface area (Å²) in [6, 6.07) is 16.1. The first-order valence-corrected chi connectivity index (χ1v) is 22.3. The van der Waals surface area contributed by atoms with E-state index in [1.54, 1.807) is 60.4 Å². The van der Waals surface area contributed by atoms with Crippen LogP contribution in [0.4, 0.5) is 75.2 Å². The number of aromatic nitrogens is 8. The molecule has 4 aromatic heterocycles. The fourth-order valence-corrected chi connectivity index (χ4v) is 7.24. The number of benzene rings is 4. The maximum atomic E-state index is 15.4. The molecule has 0 aliphatic carbocycles. The molecule has 6 N–H and O–H groups in total. The number of halogens is 4. The van der Waals surface area contributed by atoms with E-state index in [1.165, 1.54) is 73.1 Å². The zero-order chi connectivity index (χ0) is 51.8. The van der Waals surface area contributed by atoms with Gasteiger partial charge in [0.25, 0.3) is 0 Å². The summed E-state index contributed by atoms with van der Waals surface area (Å²) in [6.45, 7) is 10.9. The third kappa shape index (κ3) is 12.8. The van der Waals surface area contributed by atoms with E-state index in [2.05, 4.69) is 70.1 Å². The van der Waals surface area contributed by atoms with Crippen LogP contribution in [0.25, 0.3) is 22.3 Å². The molecule has 0 radical (unpaired) electrons. The average Bonchev–Trinajstić information content (AvgIpc) is 3.92. The number of hydrogen-bond donors (Lipinski definition) is 6. The Kier molecular flexibility index (Phi) is 15.0. The number of carbonyl (C=O) groups excluding carboxylic acids is 2. The van der Waals surface area contributed by atoms with Gasteiger partial charge in [-0.25, -0.2) is 27.5 Å². The van der Waals surface area contributed by atoms with Crippen molar-refractivity contribution < 1.29 is 41.3 Å². The van der Waals surface area contributed by atoms with Crippen LogP contribution in [0.15, 0.2) is 135 Å². The Morgan fingerprint density at radius 2 is 1.22 bits per heavy atom. The fourth-order valence-electron chi connectivity index (χ4n) is 7.24. The summed E-state index contributed by atoms with van der Waals surface area (Å²) in [6.07, 6.45) is 11.6. The van der Waals surface area contributed by atoms with Crippen LogP contribution in [0, 0.1) is 23.3 Å². The van der Waals surface area contributed by atoms with Gasteiger partial charge in [0.1, 0.15) is 65.2 Å². The third-order valence-corrected chi connectivity index (χ3v) is 10.5. The predicted octanol–water partition coefficient (Wildman–Crippen LogP) is 9.61. The highest BCUT2D eigenvalue weighted by Gasteiger charge is 2.19. The van der Waals surface area contributed by atoms with E-state index in [0.717, 1.165) is 12.2 Å². The molecule has 18 nitrogen and oxygen atoms in total. The highest BCUT2D eigenvalue weighted by molar-refractivity contribution is 6.00. The highest BCUT2D eigenvalue weighted by atomic mass is 19.1. The van der Waals surface area contributed by atoms with Gasteiger partial charge in [-0.15, -0.1) is 4.68 Å². The summed E-state index contributed by atoms with van der Waals surface area (Å²) in [7, 11) is 3.53. The number of rotatable bonds is 20. The molecule has 0 spiro atoms. The Labute approximate surface area is 415 Å². The van der Waals surface area contributed by atoms with Crippen LogP contribution >= 0.6 is 0 Å². The molecule has 8 aromatic rings. The molecule has 0 aliphatic rings. The third-order valence-electron chi connectivity index (χ3n) is 10.5. The lowest BCUT2D eigenvalue weighted by Gasteiger charge is -2.16. The van der Waals surface area contributed by atoms with Crippen molar-refractivity contribution in [3.63, 3.8) is 0 Å². The van der Waals surface area contributed by atoms with Gasteiger partial charge in [0, 0.05) is 60.3 Å². The topological polar surface area (TPSA) is 203 Å². The van der Waals surface area contributed by atoms with Crippen molar-refractivity contribution in [2.45, 2.75) is 26.5 Å². The van der Waals surface area contributed by atoms with Crippen molar-refractivity contribution in [3.8, 4) is 33.8 Å². The van der Waals surface area contributed by atoms with Crippen LogP contribution < -0.4 is 46.1 Å². The number of aryl methyl sites for hydroxylation is 2. The van der Waals surface area contributed by atoms with Crippen LogP contribution in [-0.2, 0) is 30.2 Å². The Morgan fingerprint density at radius 1 is 0.685 bits per heavy atom. The van der Waals surface area contributed by atoms with Gasteiger partial charge in [0.2, 0.25) is 29.9 Å². The Morgan fingerprint density at radius 3 is 1.74 bits per heavy atom. The Balaban J connectivity index is 1.02. The summed E-state index contributed by atoms with van der Waals surface area (Å²) in [5, 5.41) is 21.5. The van der Waals surface area contributed by atoms with E-state index < -0.39 is 35.1 Å². The molecule has 4 heterocycles. The normalized spacial score (nSPS) is 10.9. The standard InChI is InChI=1S/C51H46F4N14O4/c1-7-46(70)59-34-9-11-42(54)44(21-34)63-48-40(24-56-50(65-48)61-36-23-58-67(5)26-36)30-15-32(52)19-38(17-30)72-14-13-69-28-37(27-68(69)6)62-51-57-25-41(31-16-33(53)20-39(18-31)73-29(3)4)49(66-51)64-45-22-35(10-12-43(45)55)60-47(71)8-2/h7-12,15-29H,1-2,13-14H2,3-6H3,(H5-,56,57,59,60,61,62,63,64,65,66,70,71)/p+1. The molecule has 0 fully saturated rings. The molecule has 4 aromatic carbocycles. The molecule has 22 heteroatoms. The zero-order valence-electron chi connectivity index (χ0n) is 39.7. The molecule has 372 valence electrons. The molecule has 8 rings (SSSR count). The minimum atomic E-state index is -0.661. The lowest BCUT2D eigenvalue weighted by Crippen LogP contribution is -2.38. The first-order chi connectivity index (χ1) is 35.1. The van der Waals surface area contributed by atoms with Crippen LogP contribution in [0.3, 0.4) is 0 Å². The molecule has 0 saturated carbocycles. The number of hydrogen-bond acceptors (Lipinski definition) is 13. The van der Waals surface area contributed by atoms with Crippen LogP contribution in [0.1, 0.15) is 13.8 Å². The lowest BCUT2D eigenvalue weighted by atomic mass is 10.1. The van der Waals surface area contributed by atoms with Crippen LogP contribution in [-0.4, -0.2) is 58.9 Å². The Hall–Kier alpha value is -9.60. The number of ether oxygens (including phenoxy) is 2. The molecule has 0 bridgehead atoms. The van der Waals surface area contributed by atoms with E-state index in [1.807, 2.05) is 18.5 Å². The molecular formula is C51H47F4N14O4+. The molecule has 73 heavy (non-hydrogen) atoms. The van der Waals surface area contributed by atoms with E-state index in [-0.39, 0.29) is 77.0 Å². The minimum Gasteiger partial charge on any atom is -0.491 e. The molecule has 0 unspecified atom stereocenters. The predicted molar refractivity (Wildman–Crippen MR) is 269 cm³/mol. The largest absolute Gasteiger partial charge is 0.491 e. The van der Waals surface area contributed by atoms with Crippen molar-refractivity contribution in [1.82, 2.24) is 34.4 Å². The van der Waals surface area contributed by atoms with Crippen molar-refractivity contribution in [3.05, 3.63) is 159 Å². The van der Waals surface area contributed by atoms with Gasteiger partial charge in [0.05, 0.1) is 35.6 Å². The number of nitrogens with one attached hydrogen (secondary N) is 6. The summed E-state index contributed by atoms with van der Waals surface area (Å²) in [5.74, 6) is -2.68. The number of nitrogens with zero attached hydrogens (tertiary/aromatic N) is 8. The molecule has 0 atom stereocenters. The number of anilines is 10. The van der Waals surface area contributed by atoms with E-state index >= 15 is 13.2 Å². The maximum absolute atomic E-state index is 15.4. The minimum absolute atomic E-state index is 0.0419. The maximum Gasteiger partial charge on any atom is 0.247 e. The van der Waals surface area contributed by atoms with Gasteiger partial charge in [-0.3, -0.25) is 14.3 Å². The summed E-state index contributed by atoms with van der Waals surface area (Å²) in [5.41, 5.74) is 2.84. The average molecular weight is 996 g/mol. The van der Waals surface area contributed by atoms with Gasteiger partial charge >= 0.3 is 0 Å². The monoisotopic (exact) mass is 995 g/mol. The molecular weight excluding hydrogens is 949 g/mol. The summed E-state index contributed by atoms with van der Waals surface area (Å²) < 4.78 is 78.0. The molecule has 0 aliphatic heterocycles. The van der Waals surface area contributed by atoms with Gasteiger partial charge in [-0.1, -0.05) is 13.2 Å². The second-order valence-corrected chi connectivity index (χ2v) is 16.4. The Bertz CT molecular complexity index is 3380. The zero-order valence-corrected chi connectivity index (χ0v) is 39.7. The van der Waals surface area contributed by atoms with Crippen LogP contribution in [0.5, 0.6) is 11.5 Å². The van der Waals surface area contributed by atoms with Crippen LogP contribution in [0.2, 0.25) is 0 Å². The summed E-state index contributed by atoms with van der Waals surface area (Å²) in [4.78, 5) is 42.2. The summed E-state index contributed by atoms with van der Waals surface area (Å²) >= 11 is 0. The van der Waals surface area contributed by atoms with Crippen molar-refractivity contribution in [2.75, 3.05) is 38.5 Å². The SMILES string of the molecule is C=CC(=O)Nc1ccc(F)c(Nc2nc(Nc3cnn(C)c3)ncc2-c2cc(F)cc(OCCn3cc(Nc4ncc(-c5cc(F)cc(OC(C)C)c5)c(Nc5cc(NC(=O)C=C)ccc5F)n4)c[n+]3C)c2)c1. The van der Waals surface area contributed by atoms with Crippen molar-refractivity contribution in [1.29, 1.82) is 0 Å². The first kappa shape index (κ1) is 49.8. The molecule has 2 amide bonds. The van der Waals surface area contributed by atoms with Crippen molar-refractivity contribution in [2.24, 2.45) is 14.1 Å². The number of carbonyl (C=O) groups is 2. The second kappa shape index (κ2) is 22.0.